The molecule has 0 aromatic carbocycles. The van der Waals surface area contributed by atoms with Gasteiger partial charge in [0.25, 0.3) is 0 Å². The fourth-order valence-corrected chi connectivity index (χ4v) is 6.27. The van der Waals surface area contributed by atoms with Gasteiger partial charge in [-0.3, -0.25) is 14.4 Å². The second-order valence-electron chi connectivity index (χ2n) is 14.2. The Kier molecular flexibility index (Phi) is 33.5. The highest BCUT2D eigenvalue weighted by molar-refractivity contribution is 5.90. The van der Waals surface area contributed by atoms with Gasteiger partial charge in [-0.15, -0.1) is 0 Å². The van der Waals surface area contributed by atoms with Crippen LogP contribution in [-0.4, -0.2) is 35.9 Å². The zero-order valence-electron chi connectivity index (χ0n) is 31.6. The normalized spacial score (nSPS) is 12.5. The first kappa shape index (κ1) is 46.1. The van der Waals surface area contributed by atoms with Crippen LogP contribution in [-0.2, 0) is 28.7 Å². The third-order valence-corrected chi connectivity index (χ3v) is 9.39. The number of hydrogen-bond acceptors (Lipinski definition) is 7. The molecule has 0 heterocycles. The molecule has 0 fully saturated rings. The quantitative estimate of drug-likeness (QED) is 0.0474. The number of ether oxygens (including phenoxy) is 2. The van der Waals surface area contributed by atoms with Gasteiger partial charge < -0.3 is 19.4 Å². The van der Waals surface area contributed by atoms with Gasteiger partial charge in [-0.25, -0.2) is 0 Å². The van der Waals surface area contributed by atoms with Crippen molar-refractivity contribution >= 4 is 23.7 Å². The molecule has 0 amide bonds. The molecule has 0 rings (SSSR count). The number of esters is 2. The molecule has 0 saturated heterocycles. The molecule has 7 nitrogen and oxygen atoms in total. The Hall–Kier alpha value is -1.92. The molecule has 0 bridgehead atoms. The number of Topliss-reactive ketones (excluding diaryl/α,β-unsaturated/α-hetero) is 1. The highest BCUT2D eigenvalue weighted by Gasteiger charge is 2.33. The van der Waals surface area contributed by atoms with Crippen molar-refractivity contribution in [1.82, 2.24) is 0 Å². The first-order valence-corrected chi connectivity index (χ1v) is 20.4. The predicted octanol–water partition coefficient (Wildman–Crippen LogP) is 10.7. The van der Waals surface area contributed by atoms with Crippen molar-refractivity contribution in [1.29, 1.82) is 0 Å². The van der Waals surface area contributed by atoms with Crippen LogP contribution in [0.5, 0.6) is 0 Å². The Morgan fingerprint density at radius 2 is 0.625 bits per heavy atom. The highest BCUT2D eigenvalue weighted by atomic mass is 16.6. The molecule has 0 aromatic rings. The lowest BCUT2D eigenvalue weighted by Crippen LogP contribution is -2.50. The molecule has 0 saturated carbocycles. The van der Waals surface area contributed by atoms with E-state index < -0.39 is 35.9 Å². The number of carbonyl (C=O) groups is 4. The van der Waals surface area contributed by atoms with Crippen LogP contribution in [0.2, 0.25) is 0 Å². The van der Waals surface area contributed by atoms with Crippen LogP contribution in [0.1, 0.15) is 226 Å². The van der Waals surface area contributed by atoms with E-state index in [0.29, 0.717) is 12.8 Å². The van der Waals surface area contributed by atoms with Gasteiger partial charge in [-0.1, -0.05) is 194 Å². The van der Waals surface area contributed by atoms with E-state index >= 15 is 0 Å². The summed E-state index contributed by atoms with van der Waals surface area (Å²) in [5.41, 5.74) is 0. The van der Waals surface area contributed by atoms with Crippen molar-refractivity contribution in [2.45, 2.75) is 238 Å². The minimum absolute atomic E-state index is 0.0553. The van der Waals surface area contributed by atoms with E-state index in [9.17, 15) is 24.3 Å². The van der Waals surface area contributed by atoms with Crippen molar-refractivity contribution in [3.05, 3.63) is 0 Å². The molecule has 0 spiro atoms. The van der Waals surface area contributed by atoms with Gasteiger partial charge in [0.2, 0.25) is 6.10 Å². The maximum atomic E-state index is 12.4. The zero-order valence-corrected chi connectivity index (χ0v) is 31.6. The predicted molar refractivity (Wildman–Crippen MR) is 195 cm³/mol. The molecule has 0 aliphatic carbocycles. The Labute approximate surface area is 295 Å². The average Bonchev–Trinajstić information content (AvgIpc) is 3.06. The topological polar surface area (TPSA) is 110 Å². The molecule has 0 aliphatic rings. The van der Waals surface area contributed by atoms with Crippen LogP contribution in [0.25, 0.3) is 0 Å². The number of carboxylic acids is 1. The van der Waals surface area contributed by atoms with Crippen LogP contribution >= 0.6 is 0 Å². The molecule has 2 atom stereocenters. The molecule has 2 unspecified atom stereocenters. The maximum absolute atomic E-state index is 12.4. The standard InChI is InChI=1S/C41H76O7/c1-4-6-8-10-12-14-16-18-20-22-24-26-28-30-32-34-37(43)47-39(36(3)42)40(41(45)46)48-38(44)35-33-31-29-27-25-23-21-19-17-15-13-11-9-7-5-2/h39-40H,4-35H2,1-3H3,(H,45,46)/p-1. The summed E-state index contributed by atoms with van der Waals surface area (Å²) in [5.74, 6) is -3.80. The molecule has 282 valence electrons. The van der Waals surface area contributed by atoms with E-state index in [1.54, 1.807) is 0 Å². The van der Waals surface area contributed by atoms with Gasteiger partial charge in [0, 0.05) is 12.8 Å². The van der Waals surface area contributed by atoms with Gasteiger partial charge in [0.05, 0.1) is 5.97 Å². The van der Waals surface area contributed by atoms with E-state index in [0.717, 1.165) is 45.4 Å². The van der Waals surface area contributed by atoms with Gasteiger partial charge in [0.15, 0.2) is 11.9 Å². The molecular weight excluding hydrogens is 604 g/mol. The number of rotatable bonds is 37. The number of ketones is 1. The summed E-state index contributed by atoms with van der Waals surface area (Å²) in [6.45, 7) is 5.63. The maximum Gasteiger partial charge on any atom is 0.306 e. The largest absolute Gasteiger partial charge is 0.546 e. The lowest BCUT2D eigenvalue weighted by atomic mass is 10.0. The summed E-state index contributed by atoms with van der Waals surface area (Å²) >= 11 is 0. The number of carbonyl (C=O) groups excluding carboxylic acids is 4. The van der Waals surface area contributed by atoms with Crippen molar-refractivity contribution in [3.63, 3.8) is 0 Å². The SMILES string of the molecule is CCCCCCCCCCCCCCCCCC(=O)OC(C(C)=O)C(OC(=O)CCCCCCCCCCCCCCCCC)C(=O)[O-]. The number of carboxylic acid groups (broad SMARTS) is 1. The molecule has 7 heteroatoms. The first-order chi connectivity index (χ1) is 23.3. The molecular formula is C41H75O7-. The minimum atomic E-state index is -1.93. The van der Waals surface area contributed by atoms with Crippen LogP contribution in [0.3, 0.4) is 0 Å². The summed E-state index contributed by atoms with van der Waals surface area (Å²) in [7, 11) is 0. The molecule has 48 heavy (non-hydrogen) atoms. The first-order valence-electron chi connectivity index (χ1n) is 20.4. The van der Waals surface area contributed by atoms with E-state index in [1.165, 1.54) is 141 Å². The van der Waals surface area contributed by atoms with Gasteiger partial charge >= 0.3 is 11.9 Å². The number of hydrogen-bond donors (Lipinski definition) is 0. The van der Waals surface area contributed by atoms with Gasteiger partial charge in [-0.05, 0) is 19.8 Å². The van der Waals surface area contributed by atoms with Crippen LogP contribution < -0.4 is 5.11 Å². The van der Waals surface area contributed by atoms with Gasteiger partial charge in [0.1, 0.15) is 0 Å². The highest BCUT2D eigenvalue weighted by Crippen LogP contribution is 2.17. The lowest BCUT2D eigenvalue weighted by Gasteiger charge is -2.26. The molecule has 0 aromatic heterocycles. The van der Waals surface area contributed by atoms with Crippen molar-refractivity contribution in [2.75, 3.05) is 0 Å². The zero-order chi connectivity index (χ0) is 35.5. The van der Waals surface area contributed by atoms with E-state index in [-0.39, 0.29) is 12.8 Å². The summed E-state index contributed by atoms with van der Waals surface area (Å²) in [4.78, 5) is 48.7. The van der Waals surface area contributed by atoms with Gasteiger partial charge in [-0.2, -0.15) is 0 Å². The lowest BCUT2D eigenvalue weighted by molar-refractivity contribution is -0.318. The van der Waals surface area contributed by atoms with E-state index in [4.69, 9.17) is 9.47 Å². The molecule has 0 aliphatic heterocycles. The summed E-state index contributed by atoms with van der Waals surface area (Å²) < 4.78 is 10.3. The van der Waals surface area contributed by atoms with Crippen LogP contribution in [0.4, 0.5) is 0 Å². The third-order valence-electron chi connectivity index (χ3n) is 9.39. The Morgan fingerprint density at radius 1 is 0.396 bits per heavy atom. The fraction of sp³-hybridized carbons (Fsp3) is 0.902. The molecule has 0 radical (unpaired) electrons. The Morgan fingerprint density at radius 3 is 0.854 bits per heavy atom. The Bertz CT molecular complexity index is 717. The summed E-state index contributed by atoms with van der Waals surface area (Å²) in [5, 5.41) is 11.8. The Balaban J connectivity index is 3.99. The average molecular weight is 680 g/mol. The second-order valence-corrected chi connectivity index (χ2v) is 14.2. The fourth-order valence-electron chi connectivity index (χ4n) is 6.27. The van der Waals surface area contributed by atoms with Crippen LogP contribution in [0, 0.1) is 0 Å². The van der Waals surface area contributed by atoms with Crippen molar-refractivity contribution < 1.29 is 33.8 Å². The van der Waals surface area contributed by atoms with E-state index in [1.807, 2.05) is 0 Å². The molecule has 0 N–H and O–H groups in total. The third kappa shape index (κ3) is 30.2. The summed E-state index contributed by atoms with van der Waals surface area (Å²) in [6, 6.07) is 0. The van der Waals surface area contributed by atoms with Crippen molar-refractivity contribution in [3.8, 4) is 0 Å². The summed E-state index contributed by atoms with van der Waals surface area (Å²) in [6.07, 6.45) is 32.8. The number of unbranched alkanes of at least 4 members (excludes halogenated alkanes) is 28. The van der Waals surface area contributed by atoms with Crippen molar-refractivity contribution in [2.24, 2.45) is 0 Å². The van der Waals surface area contributed by atoms with E-state index in [2.05, 4.69) is 13.8 Å². The van der Waals surface area contributed by atoms with Crippen LogP contribution in [0.15, 0.2) is 0 Å². The minimum Gasteiger partial charge on any atom is -0.546 e. The number of aliphatic carboxylic acids is 1. The smallest absolute Gasteiger partial charge is 0.306 e. The monoisotopic (exact) mass is 680 g/mol. The second kappa shape index (κ2) is 34.9.